The number of aliphatic carboxylic acids is 1. The van der Waals surface area contributed by atoms with Crippen LogP contribution in [0, 0.1) is 13.8 Å². The molecule has 0 saturated heterocycles. The van der Waals surface area contributed by atoms with Gasteiger partial charge in [0.15, 0.2) is 0 Å². The van der Waals surface area contributed by atoms with E-state index in [0.717, 1.165) is 11.1 Å². The van der Waals surface area contributed by atoms with Gasteiger partial charge in [-0.15, -0.1) is 0 Å². The third kappa shape index (κ3) is 6.77. The number of aryl methyl sites for hydroxylation is 2. The number of carbonyl (C=O) groups is 4. The normalized spacial score (nSPS) is 12.2. The van der Waals surface area contributed by atoms with E-state index >= 15 is 0 Å². The van der Waals surface area contributed by atoms with Crippen LogP contribution in [0.2, 0.25) is 0 Å². The molecule has 1 amide bonds. The number of halogens is 1. The molecule has 0 aromatic heterocycles. The molecule has 3 aromatic carbocycles. The van der Waals surface area contributed by atoms with E-state index in [0.29, 0.717) is 10.2 Å². The zero-order valence-electron chi connectivity index (χ0n) is 18.9. The Morgan fingerprint density at radius 1 is 0.771 bits per heavy atom. The minimum absolute atomic E-state index is 0.0891. The molecule has 0 fully saturated rings. The highest BCUT2D eigenvalue weighted by molar-refractivity contribution is 9.10. The number of benzene rings is 3. The molecule has 2 N–H and O–H groups in total. The highest BCUT2D eigenvalue weighted by atomic mass is 79.9. The third-order valence-corrected chi connectivity index (χ3v) is 5.58. The van der Waals surface area contributed by atoms with Crippen molar-refractivity contribution >= 4 is 45.4 Å². The van der Waals surface area contributed by atoms with E-state index in [-0.39, 0.29) is 11.1 Å². The Kier molecular flexibility index (Phi) is 8.38. The van der Waals surface area contributed by atoms with E-state index in [4.69, 9.17) is 9.47 Å². The second kappa shape index (κ2) is 11.4. The van der Waals surface area contributed by atoms with Crippen molar-refractivity contribution in [3.63, 3.8) is 0 Å². The summed E-state index contributed by atoms with van der Waals surface area (Å²) in [5, 5.41) is 12.4. The zero-order valence-corrected chi connectivity index (χ0v) is 20.4. The van der Waals surface area contributed by atoms with E-state index in [1.807, 2.05) is 0 Å². The molecule has 0 aliphatic rings. The monoisotopic (exact) mass is 539 g/mol. The maximum atomic E-state index is 13.2. The molecule has 0 radical (unpaired) electrons. The lowest BCUT2D eigenvalue weighted by molar-refractivity contribution is -0.157. The Hall–Kier alpha value is -3.98. The van der Waals surface area contributed by atoms with Crippen molar-refractivity contribution in [1.29, 1.82) is 0 Å². The largest absolute Gasteiger partial charge is 0.478 e. The maximum absolute atomic E-state index is 13.2. The van der Waals surface area contributed by atoms with Gasteiger partial charge in [0.2, 0.25) is 12.2 Å². The number of rotatable bonds is 8. The van der Waals surface area contributed by atoms with E-state index in [9.17, 15) is 24.3 Å². The zero-order chi connectivity index (χ0) is 25.5. The first-order chi connectivity index (χ1) is 16.7. The van der Waals surface area contributed by atoms with E-state index in [1.165, 1.54) is 24.3 Å². The molecule has 3 aromatic rings. The van der Waals surface area contributed by atoms with Gasteiger partial charge in [-0.3, -0.25) is 4.79 Å². The van der Waals surface area contributed by atoms with E-state index < -0.39 is 36.0 Å². The van der Waals surface area contributed by atoms with Crippen LogP contribution in [0.25, 0.3) is 0 Å². The minimum atomic E-state index is -2.11. The number of carbonyl (C=O) groups excluding carboxylic acids is 3. The van der Waals surface area contributed by atoms with Crippen molar-refractivity contribution in [2.24, 2.45) is 0 Å². The molecule has 8 nitrogen and oxygen atoms in total. The van der Waals surface area contributed by atoms with E-state index in [2.05, 4.69) is 21.2 Å². The van der Waals surface area contributed by atoms with Crippen LogP contribution in [0.5, 0.6) is 0 Å². The van der Waals surface area contributed by atoms with Crippen LogP contribution in [0.15, 0.2) is 77.3 Å². The van der Waals surface area contributed by atoms with Crippen LogP contribution in [0.4, 0.5) is 5.69 Å². The van der Waals surface area contributed by atoms with Crippen molar-refractivity contribution < 1.29 is 33.8 Å². The molecule has 0 aliphatic carbocycles. The summed E-state index contributed by atoms with van der Waals surface area (Å²) in [7, 11) is 0. The molecule has 0 aliphatic heterocycles. The lowest BCUT2D eigenvalue weighted by Gasteiger charge is -2.24. The summed E-state index contributed by atoms with van der Waals surface area (Å²) in [6.45, 7) is 3.51. The lowest BCUT2D eigenvalue weighted by Crippen LogP contribution is -2.48. The van der Waals surface area contributed by atoms with Gasteiger partial charge in [-0.25, -0.2) is 14.4 Å². The van der Waals surface area contributed by atoms with Gasteiger partial charge in [0.1, 0.15) is 0 Å². The first-order valence-electron chi connectivity index (χ1n) is 10.5. The predicted octanol–water partition coefficient (Wildman–Crippen LogP) is 4.54. The standard InChI is InChI=1S/C26H22BrNO7/c1-15-7-5-9-17(13-15)25(32)34-21(23(29)28-20-12-4-3-11-19(20)27)22(24(30)31)35-26(33)18-10-6-8-16(2)14-18/h3-14,21-22H,1-2H3,(H,28,29)(H,30,31)/t21-,22-/m0/s1. The molecular formula is C26H22BrNO7. The topological polar surface area (TPSA) is 119 Å². The fourth-order valence-corrected chi connectivity index (χ4v) is 3.56. The predicted molar refractivity (Wildman–Crippen MR) is 131 cm³/mol. The summed E-state index contributed by atoms with van der Waals surface area (Å²) in [6.07, 6.45) is -4.10. The van der Waals surface area contributed by atoms with Gasteiger partial charge in [0.25, 0.3) is 5.91 Å². The molecule has 2 atom stereocenters. The number of hydrogen-bond donors (Lipinski definition) is 2. The molecule has 35 heavy (non-hydrogen) atoms. The Morgan fingerprint density at radius 3 is 1.77 bits per heavy atom. The number of carboxylic acid groups (broad SMARTS) is 1. The number of carboxylic acids is 1. The Bertz CT molecular complexity index is 1270. The van der Waals surface area contributed by atoms with Gasteiger partial charge in [0, 0.05) is 4.47 Å². The van der Waals surface area contributed by atoms with Crippen LogP contribution < -0.4 is 5.32 Å². The summed E-state index contributed by atoms with van der Waals surface area (Å²) in [5.41, 5.74) is 2.02. The Balaban J connectivity index is 1.93. The average molecular weight is 540 g/mol. The molecule has 3 rings (SSSR count). The number of nitrogens with one attached hydrogen (secondary N) is 1. The molecule has 0 bridgehead atoms. The van der Waals surface area contributed by atoms with Gasteiger partial charge >= 0.3 is 17.9 Å². The summed E-state index contributed by atoms with van der Waals surface area (Å²) >= 11 is 3.29. The van der Waals surface area contributed by atoms with Crippen molar-refractivity contribution in [3.05, 3.63) is 99.5 Å². The molecule has 180 valence electrons. The van der Waals surface area contributed by atoms with Crippen LogP contribution in [-0.4, -0.2) is 41.1 Å². The van der Waals surface area contributed by atoms with Crippen LogP contribution in [0.1, 0.15) is 31.8 Å². The SMILES string of the molecule is Cc1cccc(C(=O)O[C@H](C(=O)O)[C@H](OC(=O)c2cccc(C)c2)C(=O)Nc2ccccc2Br)c1. The maximum Gasteiger partial charge on any atom is 0.349 e. The van der Waals surface area contributed by atoms with Gasteiger partial charge in [-0.2, -0.15) is 0 Å². The number of ether oxygens (including phenoxy) is 2. The number of para-hydroxylation sites is 1. The van der Waals surface area contributed by atoms with Crippen LogP contribution in [0.3, 0.4) is 0 Å². The van der Waals surface area contributed by atoms with E-state index in [1.54, 1.807) is 62.4 Å². The summed E-state index contributed by atoms with van der Waals surface area (Å²) < 4.78 is 11.0. The summed E-state index contributed by atoms with van der Waals surface area (Å²) in [6, 6.07) is 19.3. The fourth-order valence-electron chi connectivity index (χ4n) is 3.17. The smallest absolute Gasteiger partial charge is 0.349 e. The van der Waals surface area contributed by atoms with Crippen molar-refractivity contribution in [2.75, 3.05) is 5.32 Å². The first kappa shape index (κ1) is 25.6. The number of esters is 2. The summed E-state index contributed by atoms with van der Waals surface area (Å²) in [5.74, 6) is -4.57. The van der Waals surface area contributed by atoms with Gasteiger partial charge in [-0.05, 0) is 66.2 Å². The molecule has 0 spiro atoms. The first-order valence-corrected chi connectivity index (χ1v) is 11.3. The summed E-state index contributed by atoms with van der Waals surface area (Å²) in [4.78, 5) is 50.8. The average Bonchev–Trinajstić information content (AvgIpc) is 2.82. The second-order valence-electron chi connectivity index (χ2n) is 7.70. The van der Waals surface area contributed by atoms with Crippen molar-refractivity contribution in [3.8, 4) is 0 Å². The third-order valence-electron chi connectivity index (χ3n) is 4.88. The molecule has 0 unspecified atom stereocenters. The van der Waals surface area contributed by atoms with Gasteiger partial charge < -0.3 is 19.9 Å². The van der Waals surface area contributed by atoms with Gasteiger partial charge in [0.05, 0.1) is 16.8 Å². The Morgan fingerprint density at radius 2 is 1.29 bits per heavy atom. The van der Waals surface area contributed by atoms with Crippen molar-refractivity contribution in [2.45, 2.75) is 26.1 Å². The van der Waals surface area contributed by atoms with Crippen LogP contribution in [-0.2, 0) is 19.1 Å². The number of amides is 1. The lowest BCUT2D eigenvalue weighted by atomic mass is 10.1. The molecule has 0 heterocycles. The highest BCUT2D eigenvalue weighted by Crippen LogP contribution is 2.23. The number of anilines is 1. The van der Waals surface area contributed by atoms with Gasteiger partial charge in [-0.1, -0.05) is 47.5 Å². The second-order valence-corrected chi connectivity index (χ2v) is 8.55. The highest BCUT2D eigenvalue weighted by Gasteiger charge is 2.41. The molecule has 9 heteroatoms. The van der Waals surface area contributed by atoms with Crippen molar-refractivity contribution in [1.82, 2.24) is 0 Å². The minimum Gasteiger partial charge on any atom is -0.478 e. The van der Waals surface area contributed by atoms with Crippen LogP contribution >= 0.6 is 15.9 Å². The number of hydrogen-bond acceptors (Lipinski definition) is 6. The molecule has 0 saturated carbocycles. The molecular weight excluding hydrogens is 518 g/mol. The fraction of sp³-hybridized carbons (Fsp3) is 0.154. The Labute approximate surface area is 210 Å². The quantitative estimate of drug-likeness (QED) is 0.403.